The second-order valence-electron chi connectivity index (χ2n) is 8.27. The van der Waals surface area contributed by atoms with Crippen LogP contribution in [0, 0.1) is 0 Å². The monoisotopic (exact) mass is 398 g/mol. The molecule has 0 aliphatic heterocycles. The first-order valence-electron chi connectivity index (χ1n) is 11.4. The van der Waals surface area contributed by atoms with E-state index in [0.717, 1.165) is 13.0 Å². The first kappa shape index (κ1) is 26.4. The molecule has 0 fully saturated rings. The van der Waals surface area contributed by atoms with Gasteiger partial charge in [-0.15, -0.1) is 0 Å². The van der Waals surface area contributed by atoms with E-state index in [-0.39, 0.29) is 5.97 Å². The molecule has 3 nitrogen and oxygen atoms in total. The fourth-order valence-corrected chi connectivity index (χ4v) is 5.14. The normalized spacial score (nSPS) is 12.0. The highest BCUT2D eigenvalue weighted by Crippen LogP contribution is 2.18. The van der Waals surface area contributed by atoms with E-state index in [4.69, 9.17) is 9.16 Å². The van der Waals surface area contributed by atoms with Crippen molar-refractivity contribution in [1.29, 1.82) is 0 Å². The maximum Gasteiger partial charge on any atom is 0.330 e. The number of ether oxygens (including phenoxy) is 1. The summed E-state index contributed by atoms with van der Waals surface area (Å²) in [6.07, 6.45) is 19.9. The van der Waals surface area contributed by atoms with Gasteiger partial charge in [0, 0.05) is 12.7 Å². The summed E-state index contributed by atoms with van der Waals surface area (Å²) in [6.45, 7) is 10.4. The van der Waals surface area contributed by atoms with E-state index in [9.17, 15) is 4.79 Å². The molecule has 0 spiro atoms. The third kappa shape index (κ3) is 19.9. The van der Waals surface area contributed by atoms with Crippen LogP contribution in [0.5, 0.6) is 0 Å². The molecule has 0 bridgehead atoms. The summed E-state index contributed by atoms with van der Waals surface area (Å²) in [7, 11) is -1.41. The van der Waals surface area contributed by atoms with E-state index in [2.05, 4.69) is 20.0 Å². The minimum Gasteiger partial charge on any atom is -0.463 e. The molecule has 160 valence electrons. The van der Waals surface area contributed by atoms with Crippen LogP contribution in [0.1, 0.15) is 97.3 Å². The van der Waals surface area contributed by atoms with E-state index in [1.165, 1.54) is 89.2 Å². The Hall–Kier alpha value is -0.613. The van der Waals surface area contributed by atoms with Gasteiger partial charge in [-0.05, 0) is 38.9 Å². The molecule has 0 aliphatic carbocycles. The molecule has 27 heavy (non-hydrogen) atoms. The molecule has 0 aromatic rings. The van der Waals surface area contributed by atoms with Crippen molar-refractivity contribution in [3.63, 3.8) is 0 Å². The second kappa shape index (κ2) is 18.7. The Labute approximate surface area is 170 Å². The van der Waals surface area contributed by atoms with Crippen LogP contribution < -0.4 is 0 Å². The summed E-state index contributed by atoms with van der Waals surface area (Å²) in [5.41, 5.74) is 0. The quantitative estimate of drug-likeness (QED) is 0.0982. The number of unbranched alkanes of at least 4 members (excludes halogenated alkanes) is 11. The molecule has 0 unspecified atom stereocenters. The molecule has 0 aliphatic rings. The maximum atomic E-state index is 11.1. The number of rotatable bonds is 19. The second-order valence-corrected chi connectivity index (χ2v) is 12.6. The highest BCUT2D eigenvalue weighted by molar-refractivity contribution is 6.71. The van der Waals surface area contributed by atoms with Crippen LogP contribution in [-0.4, -0.2) is 27.5 Å². The Balaban J connectivity index is 3.33. The minimum absolute atomic E-state index is 0.217. The average molecular weight is 399 g/mol. The molecule has 0 heterocycles. The molecule has 0 saturated carbocycles. The topological polar surface area (TPSA) is 35.5 Å². The van der Waals surface area contributed by atoms with Gasteiger partial charge in [-0.1, -0.05) is 83.6 Å². The highest BCUT2D eigenvalue weighted by Gasteiger charge is 2.21. The largest absolute Gasteiger partial charge is 0.463 e. The number of hydrogen-bond donors (Lipinski definition) is 0. The molecule has 0 aromatic carbocycles. The molecule has 0 amide bonds. The van der Waals surface area contributed by atoms with E-state index in [1.54, 1.807) is 6.08 Å². The van der Waals surface area contributed by atoms with Crippen LogP contribution in [-0.2, 0) is 14.0 Å². The van der Waals surface area contributed by atoms with Gasteiger partial charge < -0.3 is 9.16 Å². The molecule has 0 aromatic heterocycles. The van der Waals surface area contributed by atoms with Gasteiger partial charge in [0.2, 0.25) is 0 Å². The Morgan fingerprint density at radius 1 is 0.778 bits per heavy atom. The van der Waals surface area contributed by atoms with Crippen molar-refractivity contribution >= 4 is 14.3 Å². The van der Waals surface area contributed by atoms with Crippen LogP contribution in [0.2, 0.25) is 19.1 Å². The first-order valence-corrected chi connectivity index (χ1v) is 14.6. The van der Waals surface area contributed by atoms with Gasteiger partial charge in [-0.25, -0.2) is 4.79 Å². The van der Waals surface area contributed by atoms with E-state index >= 15 is 0 Å². The lowest BCUT2D eigenvalue weighted by Gasteiger charge is -2.22. The molecular formula is C23H46O3Si. The number of carbonyl (C=O) groups is 1. The van der Waals surface area contributed by atoms with Crippen LogP contribution >= 0.6 is 0 Å². The standard InChI is InChI=1S/C23H46O3Si/c1-5-7-8-17-21-26-27(3,4)22-18-15-13-11-9-10-12-14-16-20-25-23(24)19-6-2/h6,19H,5,7-18,20-22H2,1-4H3. The lowest BCUT2D eigenvalue weighted by atomic mass is 10.1. The zero-order valence-corrected chi connectivity index (χ0v) is 19.7. The fraction of sp³-hybridized carbons (Fsp3) is 0.870. The van der Waals surface area contributed by atoms with E-state index in [0.29, 0.717) is 6.61 Å². The minimum atomic E-state index is -1.41. The van der Waals surface area contributed by atoms with Crippen molar-refractivity contribution in [2.24, 2.45) is 0 Å². The van der Waals surface area contributed by atoms with Crippen LogP contribution in [0.25, 0.3) is 0 Å². The van der Waals surface area contributed by atoms with E-state index in [1.807, 2.05) is 6.92 Å². The van der Waals surface area contributed by atoms with E-state index < -0.39 is 8.32 Å². The SMILES string of the molecule is CC=CC(=O)OCCCCCCCCCCC[Si](C)(C)OCCCCCC. The molecular weight excluding hydrogens is 352 g/mol. The average Bonchev–Trinajstić information content (AvgIpc) is 2.62. The van der Waals surface area contributed by atoms with Crippen molar-refractivity contribution in [1.82, 2.24) is 0 Å². The zero-order chi connectivity index (χ0) is 20.2. The predicted molar refractivity (Wildman–Crippen MR) is 120 cm³/mol. The summed E-state index contributed by atoms with van der Waals surface area (Å²) in [4.78, 5) is 11.1. The summed E-state index contributed by atoms with van der Waals surface area (Å²) >= 11 is 0. The van der Waals surface area contributed by atoms with Crippen molar-refractivity contribution in [2.45, 2.75) is 116 Å². The zero-order valence-electron chi connectivity index (χ0n) is 18.7. The van der Waals surface area contributed by atoms with Gasteiger partial charge in [0.25, 0.3) is 0 Å². The molecule has 4 heteroatoms. The van der Waals surface area contributed by atoms with Crippen molar-refractivity contribution in [3.8, 4) is 0 Å². The molecule has 0 N–H and O–H groups in total. The molecule has 0 atom stereocenters. The van der Waals surface area contributed by atoms with Gasteiger partial charge in [0.15, 0.2) is 8.32 Å². The smallest absolute Gasteiger partial charge is 0.330 e. The Bertz CT molecular complexity index is 367. The number of hydrogen-bond acceptors (Lipinski definition) is 3. The summed E-state index contributed by atoms with van der Waals surface area (Å²) < 4.78 is 11.3. The van der Waals surface area contributed by atoms with Crippen LogP contribution in [0.4, 0.5) is 0 Å². The Morgan fingerprint density at radius 2 is 1.30 bits per heavy atom. The molecule has 0 saturated heterocycles. The third-order valence-corrected chi connectivity index (χ3v) is 7.50. The fourth-order valence-electron chi connectivity index (χ4n) is 3.20. The Kier molecular flexibility index (Phi) is 18.3. The van der Waals surface area contributed by atoms with Crippen LogP contribution in [0.3, 0.4) is 0 Å². The van der Waals surface area contributed by atoms with Crippen molar-refractivity contribution in [2.75, 3.05) is 13.2 Å². The Morgan fingerprint density at radius 3 is 1.89 bits per heavy atom. The lowest BCUT2D eigenvalue weighted by molar-refractivity contribution is -0.137. The highest BCUT2D eigenvalue weighted by atomic mass is 28.4. The van der Waals surface area contributed by atoms with Gasteiger partial charge in [-0.3, -0.25) is 0 Å². The lowest BCUT2D eigenvalue weighted by Crippen LogP contribution is -2.30. The third-order valence-electron chi connectivity index (χ3n) is 4.96. The van der Waals surface area contributed by atoms with Gasteiger partial charge in [0.1, 0.15) is 0 Å². The van der Waals surface area contributed by atoms with Gasteiger partial charge >= 0.3 is 5.97 Å². The number of carbonyl (C=O) groups excluding carboxylic acids is 1. The predicted octanol–water partition coefficient (Wildman–Crippen LogP) is 7.42. The van der Waals surface area contributed by atoms with Gasteiger partial charge in [0.05, 0.1) is 6.61 Å². The summed E-state index contributed by atoms with van der Waals surface area (Å²) in [5, 5.41) is 0. The molecule has 0 rings (SSSR count). The van der Waals surface area contributed by atoms with Crippen molar-refractivity contribution in [3.05, 3.63) is 12.2 Å². The van der Waals surface area contributed by atoms with Gasteiger partial charge in [-0.2, -0.15) is 0 Å². The van der Waals surface area contributed by atoms with Crippen molar-refractivity contribution < 1.29 is 14.0 Å². The summed E-state index contributed by atoms with van der Waals surface area (Å²) in [6, 6.07) is 1.31. The molecule has 0 radical (unpaired) electrons. The first-order chi connectivity index (χ1) is 13.0. The number of allylic oxidation sites excluding steroid dienone is 1. The maximum absolute atomic E-state index is 11.1. The summed E-state index contributed by atoms with van der Waals surface area (Å²) in [5.74, 6) is -0.217. The van der Waals surface area contributed by atoms with Crippen LogP contribution in [0.15, 0.2) is 12.2 Å². The number of esters is 1.